The van der Waals surface area contributed by atoms with Crippen LogP contribution in [0.5, 0.6) is 0 Å². The van der Waals surface area contributed by atoms with E-state index in [4.69, 9.17) is 9.47 Å². The molecule has 118 valence electrons. The highest BCUT2D eigenvalue weighted by atomic mass is 16.6. The minimum absolute atomic E-state index is 0.548. The summed E-state index contributed by atoms with van der Waals surface area (Å²) in [6, 6.07) is 15.1. The Morgan fingerprint density at radius 3 is 1.54 bits per heavy atom. The molecule has 0 spiro atoms. The molecule has 0 saturated carbocycles. The quantitative estimate of drug-likeness (QED) is 0.627. The van der Waals surface area contributed by atoms with Crippen molar-refractivity contribution in [2.24, 2.45) is 0 Å². The van der Waals surface area contributed by atoms with Crippen LogP contribution in [0, 0.1) is 0 Å². The molecule has 2 aromatic rings. The van der Waals surface area contributed by atoms with Crippen LogP contribution in [0.4, 0.5) is 0 Å². The van der Waals surface area contributed by atoms with Crippen LogP contribution in [0.2, 0.25) is 0 Å². The zero-order valence-electron chi connectivity index (χ0n) is 12.7. The molecule has 0 bridgehead atoms. The normalized spacial score (nSPS) is 19.7. The van der Waals surface area contributed by atoms with Gasteiger partial charge in [0.15, 0.2) is 0 Å². The highest BCUT2D eigenvalue weighted by molar-refractivity contribution is 6.29. The molecule has 0 aliphatic heterocycles. The van der Waals surface area contributed by atoms with Crippen molar-refractivity contribution in [3.05, 3.63) is 82.9 Å². The van der Waals surface area contributed by atoms with Crippen molar-refractivity contribution in [3.63, 3.8) is 0 Å². The number of ether oxygens (including phenoxy) is 2. The molecular weight excluding hydrogens is 304 g/mol. The minimum atomic E-state index is -0.987. The molecule has 0 saturated heterocycles. The van der Waals surface area contributed by atoms with E-state index in [1.54, 1.807) is 12.2 Å². The molecule has 24 heavy (non-hydrogen) atoms. The Kier molecular flexibility index (Phi) is 3.50. The first-order valence-electron chi connectivity index (χ1n) is 7.68. The number of hydrogen-bond acceptors (Lipinski definition) is 4. The van der Waals surface area contributed by atoms with E-state index in [2.05, 4.69) is 0 Å². The van der Waals surface area contributed by atoms with Crippen molar-refractivity contribution in [3.8, 4) is 0 Å². The maximum absolute atomic E-state index is 12.1. The van der Waals surface area contributed by atoms with E-state index in [0.717, 1.165) is 22.3 Å². The Hall–Kier alpha value is -3.14. The van der Waals surface area contributed by atoms with Gasteiger partial charge in [-0.05, 0) is 23.3 Å². The van der Waals surface area contributed by atoms with Crippen molar-refractivity contribution >= 4 is 24.1 Å². The fourth-order valence-electron chi connectivity index (χ4n) is 2.97. The maximum atomic E-state index is 12.1. The minimum Gasteiger partial charge on any atom is -0.445 e. The molecule has 2 aliphatic rings. The number of carbonyl (C=O) groups excluding carboxylic acids is 2. The molecule has 0 amide bonds. The van der Waals surface area contributed by atoms with E-state index in [-0.39, 0.29) is 0 Å². The summed E-state index contributed by atoms with van der Waals surface area (Å²) in [7, 11) is 0. The number of hydrogen-bond donors (Lipinski definition) is 0. The standard InChI is InChI=1S/C20H14O4/c21-19(23-17-11-9-13-5-1-3-7-15(13)17)20(22)24-18-12-10-14-6-2-4-8-16(14)18/h1-12,17-18H. The van der Waals surface area contributed by atoms with Gasteiger partial charge in [0.1, 0.15) is 12.2 Å². The average Bonchev–Trinajstić information content (AvgIpc) is 3.20. The van der Waals surface area contributed by atoms with Gasteiger partial charge < -0.3 is 9.47 Å². The lowest BCUT2D eigenvalue weighted by Gasteiger charge is -2.14. The Morgan fingerprint density at radius 1 is 0.667 bits per heavy atom. The summed E-state index contributed by atoms with van der Waals surface area (Å²) in [5.74, 6) is -1.97. The van der Waals surface area contributed by atoms with E-state index in [9.17, 15) is 9.59 Å². The van der Waals surface area contributed by atoms with Gasteiger partial charge in [-0.3, -0.25) is 0 Å². The number of benzene rings is 2. The molecule has 0 aromatic heterocycles. The van der Waals surface area contributed by atoms with Crippen LogP contribution in [-0.2, 0) is 19.1 Å². The smallest absolute Gasteiger partial charge is 0.418 e. The number of esters is 2. The predicted octanol–water partition coefficient (Wildman–Crippen LogP) is 3.61. The molecule has 0 N–H and O–H groups in total. The summed E-state index contributed by atoms with van der Waals surface area (Å²) in [6.45, 7) is 0. The first-order valence-corrected chi connectivity index (χ1v) is 7.68. The number of rotatable bonds is 2. The van der Waals surface area contributed by atoms with E-state index in [0.29, 0.717) is 0 Å². The topological polar surface area (TPSA) is 52.6 Å². The molecule has 0 heterocycles. The summed E-state index contributed by atoms with van der Waals surface area (Å²) >= 11 is 0. The maximum Gasteiger partial charge on any atom is 0.418 e. The summed E-state index contributed by atoms with van der Waals surface area (Å²) in [5.41, 5.74) is 3.70. The second-order valence-corrected chi connectivity index (χ2v) is 5.63. The predicted molar refractivity (Wildman–Crippen MR) is 88.6 cm³/mol. The van der Waals surface area contributed by atoms with Crippen LogP contribution in [-0.4, -0.2) is 11.9 Å². The van der Waals surface area contributed by atoms with Crippen molar-refractivity contribution in [2.75, 3.05) is 0 Å². The molecule has 2 unspecified atom stereocenters. The SMILES string of the molecule is O=C(OC1C=Cc2ccccc21)C(=O)OC1C=Cc2ccccc21. The van der Waals surface area contributed by atoms with E-state index < -0.39 is 24.1 Å². The van der Waals surface area contributed by atoms with Gasteiger partial charge in [0.25, 0.3) is 0 Å². The Morgan fingerprint density at radius 2 is 1.08 bits per heavy atom. The second-order valence-electron chi connectivity index (χ2n) is 5.63. The molecule has 4 nitrogen and oxygen atoms in total. The van der Waals surface area contributed by atoms with Crippen molar-refractivity contribution in [1.82, 2.24) is 0 Å². The summed E-state index contributed by atoms with van der Waals surface area (Å²) < 4.78 is 10.5. The highest BCUT2D eigenvalue weighted by Crippen LogP contribution is 2.32. The first kappa shape index (κ1) is 14.5. The molecule has 4 heteroatoms. The van der Waals surface area contributed by atoms with Crippen LogP contribution >= 0.6 is 0 Å². The van der Waals surface area contributed by atoms with Gasteiger partial charge in [0.2, 0.25) is 0 Å². The molecule has 0 fully saturated rings. The highest BCUT2D eigenvalue weighted by Gasteiger charge is 2.29. The van der Waals surface area contributed by atoms with Crippen LogP contribution in [0.1, 0.15) is 34.5 Å². The third-order valence-electron chi connectivity index (χ3n) is 4.14. The van der Waals surface area contributed by atoms with Crippen LogP contribution in [0.25, 0.3) is 12.2 Å². The Labute approximate surface area is 139 Å². The Balaban J connectivity index is 1.42. The largest absolute Gasteiger partial charge is 0.445 e. The van der Waals surface area contributed by atoms with E-state index in [1.807, 2.05) is 60.7 Å². The van der Waals surface area contributed by atoms with Crippen molar-refractivity contribution in [1.29, 1.82) is 0 Å². The Bertz CT molecular complexity index is 805. The molecule has 2 aromatic carbocycles. The molecule has 0 radical (unpaired) electrons. The van der Waals surface area contributed by atoms with Gasteiger partial charge in [-0.15, -0.1) is 0 Å². The van der Waals surface area contributed by atoms with E-state index in [1.165, 1.54) is 0 Å². The van der Waals surface area contributed by atoms with Gasteiger partial charge in [0, 0.05) is 11.1 Å². The van der Waals surface area contributed by atoms with E-state index >= 15 is 0 Å². The first-order chi connectivity index (χ1) is 11.7. The van der Waals surface area contributed by atoms with Gasteiger partial charge in [-0.1, -0.05) is 60.7 Å². The second kappa shape index (κ2) is 5.81. The third kappa shape index (κ3) is 2.52. The zero-order valence-corrected chi connectivity index (χ0v) is 12.7. The average molecular weight is 318 g/mol. The monoisotopic (exact) mass is 318 g/mol. The number of carbonyl (C=O) groups is 2. The van der Waals surface area contributed by atoms with Crippen molar-refractivity contribution < 1.29 is 19.1 Å². The van der Waals surface area contributed by atoms with Crippen LogP contribution in [0.15, 0.2) is 60.7 Å². The molecule has 2 aliphatic carbocycles. The fraction of sp³-hybridized carbons (Fsp3) is 0.100. The van der Waals surface area contributed by atoms with Gasteiger partial charge in [-0.25, -0.2) is 9.59 Å². The lowest BCUT2D eigenvalue weighted by Crippen LogP contribution is -2.23. The molecular formula is C20H14O4. The summed E-state index contributed by atoms with van der Waals surface area (Å²) in [4.78, 5) is 24.1. The summed E-state index contributed by atoms with van der Waals surface area (Å²) in [6.07, 6.45) is 6.14. The van der Waals surface area contributed by atoms with Crippen LogP contribution in [0.3, 0.4) is 0 Å². The van der Waals surface area contributed by atoms with Gasteiger partial charge in [-0.2, -0.15) is 0 Å². The lowest BCUT2D eigenvalue weighted by molar-refractivity contribution is -0.171. The van der Waals surface area contributed by atoms with Gasteiger partial charge in [0.05, 0.1) is 0 Å². The third-order valence-corrected chi connectivity index (χ3v) is 4.14. The number of fused-ring (bicyclic) bond motifs is 2. The van der Waals surface area contributed by atoms with Crippen molar-refractivity contribution in [2.45, 2.75) is 12.2 Å². The fourth-order valence-corrected chi connectivity index (χ4v) is 2.97. The summed E-state index contributed by atoms with van der Waals surface area (Å²) in [5, 5.41) is 0. The lowest BCUT2D eigenvalue weighted by atomic mass is 10.1. The van der Waals surface area contributed by atoms with Gasteiger partial charge >= 0.3 is 11.9 Å². The molecule has 2 atom stereocenters. The van der Waals surface area contributed by atoms with Crippen LogP contribution < -0.4 is 0 Å². The zero-order chi connectivity index (χ0) is 16.5. The molecule has 4 rings (SSSR count).